The Balaban J connectivity index is 2.11. The second-order valence-corrected chi connectivity index (χ2v) is 4.80. The summed E-state index contributed by atoms with van der Waals surface area (Å²) in [5.74, 6) is -1.25. The molecule has 0 unspecified atom stereocenters. The summed E-state index contributed by atoms with van der Waals surface area (Å²) in [6, 6.07) is 8.19. The van der Waals surface area contributed by atoms with Gasteiger partial charge in [0.1, 0.15) is 5.69 Å². The summed E-state index contributed by atoms with van der Waals surface area (Å²) in [7, 11) is 0. The van der Waals surface area contributed by atoms with Crippen LogP contribution in [0, 0.1) is 0 Å². The van der Waals surface area contributed by atoms with Gasteiger partial charge in [-0.05, 0) is 42.3 Å². The molecule has 0 atom stereocenters. The van der Waals surface area contributed by atoms with Crippen molar-refractivity contribution in [2.75, 3.05) is 5.32 Å². The Morgan fingerprint density at radius 3 is 2.94 bits per heavy atom. The molecule has 2 N–H and O–H groups in total. The number of carboxylic acids is 1. The molecule has 5 nitrogen and oxygen atoms in total. The van der Waals surface area contributed by atoms with Gasteiger partial charge in [0.05, 0.1) is 16.1 Å². The maximum absolute atomic E-state index is 11.9. The molecule has 3 rings (SSSR count). The van der Waals surface area contributed by atoms with E-state index >= 15 is 0 Å². The van der Waals surface area contributed by atoms with Crippen LogP contribution >= 0.6 is 11.9 Å². The molecule has 90 valence electrons. The smallest absolute Gasteiger partial charge is 0.335 e. The summed E-state index contributed by atoms with van der Waals surface area (Å²) >= 11 is 1.37. The average molecular weight is 260 g/mol. The van der Waals surface area contributed by atoms with Crippen LogP contribution in [0.2, 0.25) is 0 Å². The van der Waals surface area contributed by atoms with Crippen LogP contribution < -0.4 is 5.32 Å². The number of nitrogens with zero attached hydrogens (tertiary/aromatic N) is 1. The number of carbonyl (C=O) groups is 2. The second-order valence-electron chi connectivity index (χ2n) is 3.78. The third-order valence-electron chi connectivity index (χ3n) is 2.62. The number of aromatic nitrogens is 1. The lowest BCUT2D eigenvalue weighted by Gasteiger charge is -2.06. The van der Waals surface area contributed by atoms with E-state index in [2.05, 4.69) is 5.32 Å². The number of aromatic carboxylic acids is 1. The first-order chi connectivity index (χ1) is 8.65. The van der Waals surface area contributed by atoms with Gasteiger partial charge in [-0.15, -0.1) is 0 Å². The number of benzene rings is 1. The maximum atomic E-state index is 11.9. The lowest BCUT2D eigenvalue weighted by atomic mass is 10.2. The Bertz CT molecular complexity index is 663. The van der Waals surface area contributed by atoms with Crippen molar-refractivity contribution in [3.05, 3.63) is 47.8 Å². The van der Waals surface area contributed by atoms with Crippen LogP contribution in [0.5, 0.6) is 0 Å². The maximum Gasteiger partial charge on any atom is 0.335 e. The van der Waals surface area contributed by atoms with Gasteiger partial charge in [0, 0.05) is 6.20 Å². The van der Waals surface area contributed by atoms with Crippen LogP contribution in [-0.4, -0.2) is 21.0 Å². The van der Waals surface area contributed by atoms with Crippen molar-refractivity contribution in [1.82, 2.24) is 3.97 Å². The highest BCUT2D eigenvalue weighted by atomic mass is 32.2. The Labute approximate surface area is 107 Å². The fourth-order valence-corrected chi connectivity index (χ4v) is 2.68. The number of fused-ring (bicyclic) bond motifs is 2. The number of hydrogen-bond acceptors (Lipinski definition) is 3. The standard InChI is InChI=1S/C12H8N2O3S/c15-11-9-2-1-5-14(9)18-10-4-3-7(12(16)17)6-8(10)13-11/h1-6H,(H,13,15)(H,16,17). The van der Waals surface area contributed by atoms with Gasteiger partial charge in [0.2, 0.25) is 0 Å². The predicted octanol–water partition coefficient (Wildman–Crippen LogP) is 2.31. The number of rotatable bonds is 1. The Hall–Kier alpha value is -2.21. The molecule has 0 radical (unpaired) electrons. The minimum atomic E-state index is -1.01. The lowest BCUT2D eigenvalue weighted by molar-refractivity contribution is 0.0696. The van der Waals surface area contributed by atoms with Gasteiger partial charge in [0.15, 0.2) is 0 Å². The van der Waals surface area contributed by atoms with Crippen molar-refractivity contribution >= 4 is 29.5 Å². The highest BCUT2D eigenvalue weighted by Crippen LogP contribution is 2.33. The van der Waals surface area contributed by atoms with Crippen molar-refractivity contribution in [2.24, 2.45) is 0 Å². The Kier molecular flexibility index (Phi) is 2.38. The molecule has 1 aromatic carbocycles. The van der Waals surface area contributed by atoms with Gasteiger partial charge in [-0.25, -0.2) is 4.79 Å². The van der Waals surface area contributed by atoms with Gasteiger partial charge in [-0.3, -0.25) is 8.77 Å². The molecule has 1 aliphatic heterocycles. The number of hydrogen-bond donors (Lipinski definition) is 2. The van der Waals surface area contributed by atoms with Gasteiger partial charge >= 0.3 is 5.97 Å². The number of carboxylic acid groups (broad SMARTS) is 1. The SMILES string of the molecule is O=C(O)c1ccc2c(c1)NC(=O)c1cccn1S2. The van der Waals surface area contributed by atoms with Crippen molar-refractivity contribution in [3.8, 4) is 0 Å². The molecule has 1 amide bonds. The zero-order chi connectivity index (χ0) is 12.7. The first-order valence-electron chi connectivity index (χ1n) is 5.19. The number of amides is 1. The van der Waals surface area contributed by atoms with Crippen LogP contribution in [-0.2, 0) is 0 Å². The van der Waals surface area contributed by atoms with Crippen molar-refractivity contribution < 1.29 is 14.7 Å². The number of carbonyl (C=O) groups excluding carboxylic acids is 1. The fraction of sp³-hybridized carbons (Fsp3) is 0. The van der Waals surface area contributed by atoms with Gasteiger partial charge in [0.25, 0.3) is 5.91 Å². The fourth-order valence-electron chi connectivity index (χ4n) is 1.75. The van der Waals surface area contributed by atoms with E-state index in [0.717, 1.165) is 4.90 Å². The van der Waals surface area contributed by atoms with E-state index in [1.165, 1.54) is 24.1 Å². The van der Waals surface area contributed by atoms with Crippen LogP contribution in [0.4, 0.5) is 5.69 Å². The zero-order valence-corrected chi connectivity index (χ0v) is 9.90. The molecule has 0 aliphatic carbocycles. The van der Waals surface area contributed by atoms with E-state index in [-0.39, 0.29) is 11.5 Å². The third kappa shape index (κ3) is 1.67. The summed E-state index contributed by atoms with van der Waals surface area (Å²) in [6.45, 7) is 0. The molecule has 0 bridgehead atoms. The summed E-state index contributed by atoms with van der Waals surface area (Å²) in [4.78, 5) is 23.6. The highest BCUT2D eigenvalue weighted by Gasteiger charge is 2.20. The lowest BCUT2D eigenvalue weighted by Crippen LogP contribution is -2.12. The first kappa shape index (κ1) is 10.9. The molecular weight excluding hydrogens is 252 g/mol. The molecule has 18 heavy (non-hydrogen) atoms. The van der Waals surface area contributed by atoms with E-state index in [1.54, 1.807) is 28.4 Å². The van der Waals surface area contributed by atoms with E-state index in [4.69, 9.17) is 5.11 Å². The summed E-state index contributed by atoms with van der Waals surface area (Å²) in [6.07, 6.45) is 1.79. The van der Waals surface area contributed by atoms with Gasteiger partial charge in [-0.1, -0.05) is 0 Å². The summed E-state index contributed by atoms with van der Waals surface area (Å²) in [5.41, 5.74) is 1.21. The molecule has 0 spiro atoms. The van der Waals surface area contributed by atoms with E-state index in [1.807, 2.05) is 0 Å². The van der Waals surface area contributed by atoms with Crippen LogP contribution in [0.15, 0.2) is 41.4 Å². The van der Waals surface area contributed by atoms with Crippen molar-refractivity contribution in [1.29, 1.82) is 0 Å². The Morgan fingerprint density at radius 1 is 1.33 bits per heavy atom. The topological polar surface area (TPSA) is 71.3 Å². The highest BCUT2D eigenvalue weighted by molar-refractivity contribution is 7.98. The summed E-state index contributed by atoms with van der Waals surface area (Å²) < 4.78 is 1.75. The third-order valence-corrected chi connectivity index (χ3v) is 3.68. The molecule has 0 saturated heterocycles. The normalized spacial score (nSPS) is 13.2. The molecule has 2 aromatic rings. The molecule has 1 aliphatic rings. The number of anilines is 1. The van der Waals surface area contributed by atoms with Crippen molar-refractivity contribution in [2.45, 2.75) is 4.90 Å². The monoisotopic (exact) mass is 260 g/mol. The van der Waals surface area contributed by atoms with Gasteiger partial charge in [-0.2, -0.15) is 0 Å². The molecule has 0 saturated carbocycles. The second kappa shape index (κ2) is 3.92. The van der Waals surface area contributed by atoms with Crippen LogP contribution in [0.1, 0.15) is 20.8 Å². The average Bonchev–Trinajstić information content (AvgIpc) is 2.74. The number of nitrogens with one attached hydrogen (secondary N) is 1. The first-order valence-corrected chi connectivity index (χ1v) is 5.97. The van der Waals surface area contributed by atoms with E-state index < -0.39 is 5.97 Å². The van der Waals surface area contributed by atoms with Crippen LogP contribution in [0.3, 0.4) is 0 Å². The largest absolute Gasteiger partial charge is 0.478 e. The Morgan fingerprint density at radius 2 is 2.17 bits per heavy atom. The minimum absolute atomic E-state index is 0.154. The van der Waals surface area contributed by atoms with Gasteiger partial charge < -0.3 is 10.4 Å². The summed E-state index contributed by atoms with van der Waals surface area (Å²) in [5, 5.41) is 11.6. The van der Waals surface area contributed by atoms with Crippen LogP contribution in [0.25, 0.3) is 0 Å². The van der Waals surface area contributed by atoms with E-state index in [9.17, 15) is 9.59 Å². The minimum Gasteiger partial charge on any atom is -0.478 e. The predicted molar refractivity (Wildman–Crippen MR) is 67.0 cm³/mol. The molecule has 6 heteroatoms. The molecule has 2 heterocycles. The molecule has 0 fully saturated rings. The van der Waals surface area contributed by atoms with E-state index in [0.29, 0.717) is 11.4 Å². The molecule has 1 aromatic heterocycles. The zero-order valence-electron chi connectivity index (χ0n) is 9.08. The molecular formula is C12H8N2O3S. The van der Waals surface area contributed by atoms with Crippen molar-refractivity contribution in [3.63, 3.8) is 0 Å². The quantitative estimate of drug-likeness (QED) is 0.825.